The van der Waals surface area contributed by atoms with Crippen LogP contribution in [0.1, 0.15) is 20.3 Å². The second-order valence-electron chi connectivity index (χ2n) is 5.34. The van der Waals surface area contributed by atoms with Crippen LogP contribution in [0.25, 0.3) is 0 Å². The smallest absolute Gasteiger partial charge is 0.224 e. The Morgan fingerprint density at radius 3 is 3.06 bits per heavy atom. The minimum absolute atomic E-state index is 0.156. The van der Waals surface area contributed by atoms with Crippen molar-refractivity contribution in [3.05, 3.63) is 0 Å². The van der Waals surface area contributed by atoms with E-state index in [0.717, 1.165) is 24.6 Å². The molecule has 0 saturated carbocycles. The number of hydrogen-bond acceptors (Lipinski definition) is 4. The highest BCUT2D eigenvalue weighted by Gasteiger charge is 2.34. The van der Waals surface area contributed by atoms with E-state index in [0.29, 0.717) is 25.7 Å². The zero-order valence-corrected chi connectivity index (χ0v) is 11.5. The van der Waals surface area contributed by atoms with Gasteiger partial charge in [-0.05, 0) is 13.8 Å². The zero-order chi connectivity index (χ0) is 12.3. The predicted molar refractivity (Wildman–Crippen MR) is 70.3 cm³/mol. The SMILES string of the molecule is CC1(C)COCCN1C(=O)CC1CSCCN1. The third kappa shape index (κ3) is 3.36. The minimum atomic E-state index is -0.156. The van der Waals surface area contributed by atoms with Crippen molar-refractivity contribution in [2.45, 2.75) is 31.8 Å². The van der Waals surface area contributed by atoms with Gasteiger partial charge in [-0.1, -0.05) is 0 Å². The quantitative estimate of drug-likeness (QED) is 0.792. The number of amides is 1. The molecule has 1 N–H and O–H groups in total. The fraction of sp³-hybridized carbons (Fsp3) is 0.917. The van der Waals surface area contributed by atoms with E-state index in [1.807, 2.05) is 16.7 Å². The summed E-state index contributed by atoms with van der Waals surface area (Å²) in [4.78, 5) is 14.3. The van der Waals surface area contributed by atoms with Gasteiger partial charge in [0.25, 0.3) is 0 Å². The number of nitrogens with one attached hydrogen (secondary N) is 1. The Balaban J connectivity index is 1.89. The molecule has 4 nitrogen and oxygen atoms in total. The van der Waals surface area contributed by atoms with Crippen LogP contribution in [0, 0.1) is 0 Å². The first-order chi connectivity index (χ1) is 8.09. The highest BCUT2D eigenvalue weighted by molar-refractivity contribution is 7.99. The lowest BCUT2D eigenvalue weighted by Gasteiger charge is -2.42. The third-order valence-electron chi connectivity index (χ3n) is 3.37. The van der Waals surface area contributed by atoms with Gasteiger partial charge in [0.1, 0.15) is 0 Å². The maximum absolute atomic E-state index is 12.3. The Kier molecular flexibility index (Phi) is 4.33. The molecule has 2 aliphatic rings. The number of morpholine rings is 1. The van der Waals surface area contributed by atoms with Crippen molar-refractivity contribution in [1.82, 2.24) is 10.2 Å². The molecule has 0 bridgehead atoms. The molecule has 0 spiro atoms. The first-order valence-electron chi connectivity index (χ1n) is 6.29. The molecule has 0 aliphatic carbocycles. The molecule has 2 rings (SSSR count). The van der Waals surface area contributed by atoms with E-state index in [-0.39, 0.29) is 11.4 Å². The predicted octanol–water partition coefficient (Wildman–Crippen LogP) is 0.719. The number of nitrogens with zero attached hydrogens (tertiary/aromatic N) is 1. The molecule has 0 aromatic rings. The van der Waals surface area contributed by atoms with E-state index in [9.17, 15) is 4.79 Å². The average molecular weight is 258 g/mol. The van der Waals surface area contributed by atoms with E-state index >= 15 is 0 Å². The van der Waals surface area contributed by atoms with E-state index in [1.165, 1.54) is 0 Å². The standard InChI is InChI=1S/C12H22N2O2S/c1-12(2)9-16-5-4-14(12)11(15)7-10-8-17-6-3-13-10/h10,13H,3-9H2,1-2H3. The number of carbonyl (C=O) groups excluding carboxylic acids is 1. The monoisotopic (exact) mass is 258 g/mol. The molecule has 2 saturated heterocycles. The Hall–Kier alpha value is -0.260. The van der Waals surface area contributed by atoms with Crippen molar-refractivity contribution in [3.63, 3.8) is 0 Å². The lowest BCUT2D eigenvalue weighted by Crippen LogP contribution is -2.56. The van der Waals surface area contributed by atoms with Crippen molar-refractivity contribution in [2.24, 2.45) is 0 Å². The van der Waals surface area contributed by atoms with Gasteiger partial charge in [0.05, 0.1) is 18.8 Å². The van der Waals surface area contributed by atoms with Gasteiger partial charge in [0, 0.05) is 37.1 Å². The average Bonchev–Trinajstić information content (AvgIpc) is 2.29. The summed E-state index contributed by atoms with van der Waals surface area (Å²) in [7, 11) is 0. The third-order valence-corrected chi connectivity index (χ3v) is 4.50. The maximum Gasteiger partial charge on any atom is 0.224 e. The zero-order valence-electron chi connectivity index (χ0n) is 10.7. The van der Waals surface area contributed by atoms with Crippen LogP contribution in [0.15, 0.2) is 0 Å². The molecule has 0 aromatic carbocycles. The Morgan fingerprint density at radius 1 is 1.59 bits per heavy atom. The Labute approximate surface area is 107 Å². The molecular formula is C12H22N2O2S. The van der Waals surface area contributed by atoms with E-state index in [1.54, 1.807) is 0 Å². The Bertz CT molecular complexity index is 278. The summed E-state index contributed by atoms with van der Waals surface area (Å²) in [5.74, 6) is 2.47. The maximum atomic E-state index is 12.3. The van der Waals surface area contributed by atoms with Crippen LogP contribution in [-0.4, -0.2) is 60.2 Å². The summed E-state index contributed by atoms with van der Waals surface area (Å²) in [5, 5.41) is 3.42. The van der Waals surface area contributed by atoms with Gasteiger partial charge in [-0.25, -0.2) is 0 Å². The van der Waals surface area contributed by atoms with Crippen LogP contribution in [0.4, 0.5) is 0 Å². The molecule has 2 fully saturated rings. The number of ether oxygens (including phenoxy) is 1. The molecular weight excluding hydrogens is 236 g/mol. The van der Waals surface area contributed by atoms with Crippen LogP contribution in [-0.2, 0) is 9.53 Å². The Morgan fingerprint density at radius 2 is 2.41 bits per heavy atom. The molecule has 2 aliphatic heterocycles. The van der Waals surface area contributed by atoms with Gasteiger partial charge in [-0.15, -0.1) is 0 Å². The molecule has 98 valence electrons. The number of thioether (sulfide) groups is 1. The second kappa shape index (κ2) is 5.59. The van der Waals surface area contributed by atoms with E-state index in [4.69, 9.17) is 4.74 Å². The second-order valence-corrected chi connectivity index (χ2v) is 6.49. The molecule has 0 radical (unpaired) electrons. The molecule has 1 amide bonds. The van der Waals surface area contributed by atoms with Gasteiger partial charge in [0.2, 0.25) is 5.91 Å². The summed E-state index contributed by atoms with van der Waals surface area (Å²) in [6, 6.07) is 0.347. The van der Waals surface area contributed by atoms with E-state index in [2.05, 4.69) is 19.2 Å². The van der Waals surface area contributed by atoms with Crippen molar-refractivity contribution in [1.29, 1.82) is 0 Å². The first kappa shape index (κ1) is 13.2. The van der Waals surface area contributed by atoms with Gasteiger partial charge >= 0.3 is 0 Å². The fourth-order valence-corrected chi connectivity index (χ4v) is 3.34. The lowest BCUT2D eigenvalue weighted by molar-refractivity contribution is -0.146. The number of rotatable bonds is 2. The molecule has 1 atom stereocenters. The van der Waals surface area contributed by atoms with E-state index < -0.39 is 0 Å². The van der Waals surface area contributed by atoms with Crippen LogP contribution in [0.3, 0.4) is 0 Å². The van der Waals surface area contributed by atoms with Crippen molar-refractivity contribution in [2.75, 3.05) is 37.8 Å². The molecule has 1 unspecified atom stereocenters. The van der Waals surface area contributed by atoms with Crippen LogP contribution in [0.5, 0.6) is 0 Å². The van der Waals surface area contributed by atoms with Gasteiger partial charge in [-0.3, -0.25) is 4.79 Å². The van der Waals surface area contributed by atoms with Crippen LogP contribution < -0.4 is 5.32 Å². The topological polar surface area (TPSA) is 41.6 Å². The van der Waals surface area contributed by atoms with Crippen molar-refractivity contribution in [3.8, 4) is 0 Å². The fourth-order valence-electron chi connectivity index (χ4n) is 2.39. The summed E-state index contributed by atoms with van der Waals surface area (Å²) >= 11 is 1.93. The lowest BCUT2D eigenvalue weighted by atomic mass is 10.0. The minimum Gasteiger partial charge on any atom is -0.377 e. The summed E-state index contributed by atoms with van der Waals surface area (Å²) in [6.07, 6.45) is 0.621. The summed E-state index contributed by atoms with van der Waals surface area (Å²) < 4.78 is 5.44. The highest BCUT2D eigenvalue weighted by Crippen LogP contribution is 2.21. The largest absolute Gasteiger partial charge is 0.377 e. The van der Waals surface area contributed by atoms with Gasteiger partial charge in [-0.2, -0.15) is 11.8 Å². The molecule has 2 heterocycles. The van der Waals surface area contributed by atoms with Crippen LogP contribution in [0.2, 0.25) is 0 Å². The molecule has 17 heavy (non-hydrogen) atoms. The molecule has 0 aromatic heterocycles. The van der Waals surface area contributed by atoms with Crippen molar-refractivity contribution < 1.29 is 9.53 Å². The molecule has 5 heteroatoms. The first-order valence-corrected chi connectivity index (χ1v) is 7.44. The van der Waals surface area contributed by atoms with Crippen LogP contribution >= 0.6 is 11.8 Å². The highest BCUT2D eigenvalue weighted by atomic mass is 32.2. The normalized spacial score (nSPS) is 29.1. The number of carbonyl (C=O) groups is 1. The van der Waals surface area contributed by atoms with Gasteiger partial charge < -0.3 is 15.0 Å². The number of hydrogen-bond donors (Lipinski definition) is 1. The summed E-state index contributed by atoms with van der Waals surface area (Å²) in [6.45, 7) is 7.22. The summed E-state index contributed by atoms with van der Waals surface area (Å²) in [5.41, 5.74) is -0.156. The van der Waals surface area contributed by atoms with Gasteiger partial charge in [0.15, 0.2) is 0 Å². The van der Waals surface area contributed by atoms with Crippen molar-refractivity contribution >= 4 is 17.7 Å².